The van der Waals surface area contributed by atoms with Gasteiger partial charge in [-0.15, -0.1) is 0 Å². The van der Waals surface area contributed by atoms with Crippen molar-refractivity contribution in [2.45, 2.75) is 31.1 Å². The predicted molar refractivity (Wildman–Crippen MR) is 113 cm³/mol. The Hall–Kier alpha value is -2.35. The lowest BCUT2D eigenvalue weighted by atomic mass is 10.1. The first-order valence-electron chi connectivity index (χ1n) is 9.47. The summed E-state index contributed by atoms with van der Waals surface area (Å²) >= 11 is 6.16. The van der Waals surface area contributed by atoms with E-state index < -0.39 is 15.9 Å². The molecule has 1 fully saturated rings. The van der Waals surface area contributed by atoms with E-state index in [1.807, 2.05) is 6.07 Å². The number of benzene rings is 2. The molecule has 1 aromatic heterocycles. The van der Waals surface area contributed by atoms with E-state index in [1.54, 1.807) is 37.3 Å². The minimum Gasteiger partial charge on any atom is -0.449 e. The SMILES string of the molecule is Cc1c(C(=O)Nc2cccc(S(=O)(=O)N3CCCCC3)c2)oc2c(Cl)cccc12. The molecule has 0 spiro atoms. The maximum absolute atomic E-state index is 12.9. The number of fused-ring (bicyclic) bond motifs is 1. The number of aryl methyl sites for hydroxylation is 1. The number of anilines is 1. The summed E-state index contributed by atoms with van der Waals surface area (Å²) in [5.41, 5.74) is 1.52. The lowest BCUT2D eigenvalue weighted by Gasteiger charge is -2.26. The van der Waals surface area contributed by atoms with Crippen molar-refractivity contribution in [3.63, 3.8) is 0 Å². The van der Waals surface area contributed by atoms with Crippen molar-refractivity contribution in [2.75, 3.05) is 18.4 Å². The van der Waals surface area contributed by atoms with Crippen LogP contribution in [0.2, 0.25) is 5.02 Å². The average Bonchev–Trinajstić information content (AvgIpc) is 3.07. The highest BCUT2D eigenvalue weighted by molar-refractivity contribution is 7.89. The Bertz CT molecular complexity index is 1180. The van der Waals surface area contributed by atoms with Gasteiger partial charge >= 0.3 is 0 Å². The van der Waals surface area contributed by atoms with E-state index in [4.69, 9.17) is 16.0 Å². The molecule has 6 nitrogen and oxygen atoms in total. The molecule has 4 rings (SSSR count). The molecule has 0 aliphatic carbocycles. The van der Waals surface area contributed by atoms with Crippen molar-refractivity contribution < 1.29 is 17.6 Å². The predicted octanol–water partition coefficient (Wildman–Crippen LogP) is 4.82. The van der Waals surface area contributed by atoms with Crippen LogP contribution in [-0.4, -0.2) is 31.7 Å². The molecule has 0 saturated carbocycles. The molecule has 0 bridgehead atoms. The zero-order valence-corrected chi connectivity index (χ0v) is 17.5. The number of rotatable bonds is 4. The van der Waals surface area contributed by atoms with Gasteiger partial charge in [0, 0.05) is 29.7 Å². The highest BCUT2D eigenvalue weighted by Crippen LogP contribution is 2.31. The summed E-state index contributed by atoms with van der Waals surface area (Å²) in [6.45, 7) is 2.84. The zero-order valence-electron chi connectivity index (χ0n) is 15.9. The number of carbonyl (C=O) groups is 1. The van der Waals surface area contributed by atoms with Crippen molar-refractivity contribution in [3.05, 3.63) is 58.8 Å². The number of amides is 1. The van der Waals surface area contributed by atoms with Gasteiger partial charge in [-0.2, -0.15) is 4.31 Å². The normalized spacial score (nSPS) is 15.5. The summed E-state index contributed by atoms with van der Waals surface area (Å²) in [5, 5.41) is 3.93. The Morgan fingerprint density at radius 1 is 1.10 bits per heavy atom. The summed E-state index contributed by atoms with van der Waals surface area (Å²) < 4.78 is 33.0. The summed E-state index contributed by atoms with van der Waals surface area (Å²) in [6, 6.07) is 11.6. The number of carbonyl (C=O) groups excluding carboxylic acids is 1. The molecule has 2 heterocycles. The minimum absolute atomic E-state index is 0.150. The lowest BCUT2D eigenvalue weighted by molar-refractivity contribution is 0.0998. The molecule has 1 aliphatic heterocycles. The molecule has 0 unspecified atom stereocenters. The molecule has 29 heavy (non-hydrogen) atoms. The maximum Gasteiger partial charge on any atom is 0.291 e. The minimum atomic E-state index is -3.58. The third-order valence-corrected chi connectivity index (χ3v) is 7.36. The topological polar surface area (TPSA) is 79.6 Å². The first kappa shape index (κ1) is 19.9. The number of piperidine rings is 1. The van der Waals surface area contributed by atoms with Gasteiger partial charge in [-0.25, -0.2) is 8.42 Å². The molecule has 0 atom stereocenters. The van der Waals surface area contributed by atoms with Gasteiger partial charge in [0.05, 0.1) is 9.92 Å². The monoisotopic (exact) mass is 432 g/mol. The molecular weight excluding hydrogens is 412 g/mol. The van der Waals surface area contributed by atoms with Gasteiger partial charge in [0.2, 0.25) is 10.0 Å². The number of nitrogens with zero attached hydrogens (tertiary/aromatic N) is 1. The molecule has 1 amide bonds. The Morgan fingerprint density at radius 2 is 1.83 bits per heavy atom. The van der Waals surface area contributed by atoms with Crippen LogP contribution in [0.1, 0.15) is 35.4 Å². The summed E-state index contributed by atoms with van der Waals surface area (Å²) in [7, 11) is -3.58. The summed E-state index contributed by atoms with van der Waals surface area (Å²) in [4.78, 5) is 12.9. The fraction of sp³-hybridized carbons (Fsp3) is 0.286. The Morgan fingerprint density at radius 3 is 2.55 bits per heavy atom. The standard InChI is InChI=1S/C21H21ClN2O4S/c1-14-17-9-6-10-18(22)20(17)28-19(14)21(25)23-15-7-5-8-16(13-15)29(26,27)24-11-3-2-4-12-24/h5-10,13H,2-4,11-12H2,1H3,(H,23,25). The highest BCUT2D eigenvalue weighted by Gasteiger charge is 2.26. The number of nitrogens with one attached hydrogen (secondary N) is 1. The molecular formula is C21H21ClN2O4S. The number of furan rings is 1. The van der Waals surface area contributed by atoms with Crippen molar-refractivity contribution >= 4 is 44.2 Å². The van der Waals surface area contributed by atoms with Crippen LogP contribution < -0.4 is 5.32 Å². The van der Waals surface area contributed by atoms with Gasteiger partial charge in [-0.3, -0.25) is 4.79 Å². The fourth-order valence-electron chi connectivity index (χ4n) is 3.60. The molecule has 3 aromatic rings. The molecule has 0 radical (unpaired) electrons. The third-order valence-electron chi connectivity index (χ3n) is 5.17. The van der Waals surface area contributed by atoms with E-state index in [1.165, 1.54) is 10.4 Å². The second kappa shape index (κ2) is 7.82. The third kappa shape index (κ3) is 3.77. The van der Waals surface area contributed by atoms with Crippen LogP contribution in [0.3, 0.4) is 0 Å². The van der Waals surface area contributed by atoms with Crippen molar-refractivity contribution in [1.82, 2.24) is 4.31 Å². The van der Waals surface area contributed by atoms with Gasteiger partial charge in [0.25, 0.3) is 5.91 Å². The fourth-order valence-corrected chi connectivity index (χ4v) is 5.38. The molecule has 8 heteroatoms. The van der Waals surface area contributed by atoms with E-state index in [0.29, 0.717) is 34.9 Å². The number of hydrogen-bond donors (Lipinski definition) is 1. The molecule has 1 aliphatic rings. The molecule has 1 N–H and O–H groups in total. The first-order chi connectivity index (χ1) is 13.9. The second-order valence-electron chi connectivity index (χ2n) is 7.12. The second-order valence-corrected chi connectivity index (χ2v) is 9.46. The van der Waals surface area contributed by atoms with E-state index in [-0.39, 0.29) is 10.7 Å². The van der Waals surface area contributed by atoms with Crippen molar-refractivity contribution in [2.24, 2.45) is 0 Å². The van der Waals surface area contributed by atoms with Crippen LogP contribution in [0.15, 0.2) is 51.8 Å². The molecule has 2 aromatic carbocycles. The smallest absolute Gasteiger partial charge is 0.291 e. The first-order valence-corrected chi connectivity index (χ1v) is 11.3. The van der Waals surface area contributed by atoms with Crippen molar-refractivity contribution in [3.8, 4) is 0 Å². The lowest BCUT2D eigenvalue weighted by Crippen LogP contribution is -2.35. The van der Waals surface area contributed by atoms with E-state index in [2.05, 4.69) is 5.32 Å². The van der Waals surface area contributed by atoms with Gasteiger partial charge < -0.3 is 9.73 Å². The largest absolute Gasteiger partial charge is 0.449 e. The quantitative estimate of drug-likeness (QED) is 0.640. The number of halogens is 1. The molecule has 152 valence electrons. The van der Waals surface area contributed by atoms with Crippen LogP contribution in [0.25, 0.3) is 11.0 Å². The Balaban J connectivity index is 1.61. The van der Waals surface area contributed by atoms with E-state index in [9.17, 15) is 13.2 Å². The van der Waals surface area contributed by atoms with Crippen LogP contribution >= 0.6 is 11.6 Å². The van der Waals surface area contributed by atoms with Gasteiger partial charge in [0.15, 0.2) is 11.3 Å². The van der Waals surface area contributed by atoms with Gasteiger partial charge in [-0.1, -0.05) is 36.2 Å². The zero-order chi connectivity index (χ0) is 20.6. The highest BCUT2D eigenvalue weighted by atomic mass is 35.5. The Labute approximate surface area is 174 Å². The summed E-state index contributed by atoms with van der Waals surface area (Å²) in [6.07, 6.45) is 2.77. The van der Waals surface area contributed by atoms with Crippen LogP contribution in [-0.2, 0) is 10.0 Å². The number of para-hydroxylation sites is 1. The van der Waals surface area contributed by atoms with Gasteiger partial charge in [0.1, 0.15) is 0 Å². The number of hydrogen-bond acceptors (Lipinski definition) is 4. The van der Waals surface area contributed by atoms with Crippen LogP contribution in [0.5, 0.6) is 0 Å². The van der Waals surface area contributed by atoms with Crippen LogP contribution in [0.4, 0.5) is 5.69 Å². The van der Waals surface area contributed by atoms with E-state index in [0.717, 1.165) is 24.6 Å². The van der Waals surface area contributed by atoms with Gasteiger partial charge in [-0.05, 0) is 44.0 Å². The Kier molecular flexibility index (Phi) is 5.38. The molecule has 1 saturated heterocycles. The summed E-state index contributed by atoms with van der Waals surface area (Å²) in [5.74, 6) is -0.306. The maximum atomic E-state index is 12.9. The van der Waals surface area contributed by atoms with E-state index >= 15 is 0 Å². The average molecular weight is 433 g/mol. The van der Waals surface area contributed by atoms with Crippen molar-refractivity contribution in [1.29, 1.82) is 0 Å². The van der Waals surface area contributed by atoms with Crippen LogP contribution in [0, 0.1) is 6.92 Å². The number of sulfonamides is 1.